The fourth-order valence-electron chi connectivity index (χ4n) is 3.87. The highest BCUT2D eigenvalue weighted by atomic mass is 32.2. The third-order valence-corrected chi connectivity index (χ3v) is 7.39. The maximum Gasteiger partial charge on any atom is 0.243 e. The Labute approximate surface area is 160 Å². The molecule has 0 aromatic heterocycles. The van der Waals surface area contributed by atoms with E-state index in [1.165, 1.54) is 4.31 Å². The lowest BCUT2D eigenvalue weighted by Crippen LogP contribution is -2.50. The third-order valence-electron chi connectivity index (χ3n) is 5.50. The van der Waals surface area contributed by atoms with Crippen molar-refractivity contribution in [1.29, 1.82) is 0 Å². The van der Waals surface area contributed by atoms with E-state index in [-0.39, 0.29) is 5.91 Å². The van der Waals surface area contributed by atoms with Crippen LogP contribution in [0, 0.1) is 5.92 Å². The molecule has 0 bridgehead atoms. The van der Waals surface area contributed by atoms with Gasteiger partial charge >= 0.3 is 0 Å². The lowest BCUT2D eigenvalue weighted by molar-refractivity contribution is -0.133. The van der Waals surface area contributed by atoms with E-state index in [0.29, 0.717) is 43.4 Å². The summed E-state index contributed by atoms with van der Waals surface area (Å²) < 4.78 is 27.5. The largest absolute Gasteiger partial charge is 0.340 e. The van der Waals surface area contributed by atoms with Crippen LogP contribution in [0.25, 0.3) is 10.8 Å². The fourth-order valence-corrected chi connectivity index (χ4v) is 5.33. The summed E-state index contributed by atoms with van der Waals surface area (Å²) in [6.45, 7) is 1.62. The molecule has 0 spiro atoms. The monoisotopic (exact) mass is 384 g/mol. The average Bonchev–Trinajstić information content (AvgIpc) is 3.20. The third kappa shape index (κ3) is 3.77. The second-order valence-corrected chi connectivity index (χ2v) is 9.20. The Morgan fingerprint density at radius 3 is 2.44 bits per heavy atom. The summed E-state index contributed by atoms with van der Waals surface area (Å²) in [6, 6.07) is 13.0. The molecule has 1 aliphatic carbocycles. The standard InChI is InChI=1S/C21H24N2O3S/c24-21(15-17-5-1-2-6-17)22-11-13-23(14-12-22)27(25,26)20-10-9-18-7-3-4-8-19(18)16-20/h1,3-5,7-10,16-17H,2,6,11-15H2/t17-/m0/s1. The van der Waals surface area contributed by atoms with Crippen LogP contribution in [0.4, 0.5) is 0 Å². The fraction of sp³-hybridized carbons (Fsp3) is 0.381. The van der Waals surface area contributed by atoms with E-state index in [4.69, 9.17) is 0 Å². The summed E-state index contributed by atoms with van der Waals surface area (Å²) in [6.07, 6.45) is 6.88. The van der Waals surface area contributed by atoms with Crippen molar-refractivity contribution in [2.75, 3.05) is 26.2 Å². The minimum atomic E-state index is -3.54. The smallest absolute Gasteiger partial charge is 0.243 e. The summed E-state index contributed by atoms with van der Waals surface area (Å²) in [5.41, 5.74) is 0. The van der Waals surface area contributed by atoms with Crippen molar-refractivity contribution in [1.82, 2.24) is 9.21 Å². The van der Waals surface area contributed by atoms with Crippen LogP contribution in [0.15, 0.2) is 59.5 Å². The zero-order chi connectivity index (χ0) is 18.9. The number of carbonyl (C=O) groups excluding carboxylic acids is 1. The topological polar surface area (TPSA) is 57.7 Å². The number of sulfonamides is 1. The van der Waals surface area contributed by atoms with Crippen LogP contribution in [-0.2, 0) is 14.8 Å². The summed E-state index contributed by atoms with van der Waals surface area (Å²) in [4.78, 5) is 14.6. The molecule has 1 fully saturated rings. The quantitative estimate of drug-likeness (QED) is 0.762. The number of fused-ring (bicyclic) bond motifs is 1. The summed E-state index contributed by atoms with van der Waals surface area (Å²) in [7, 11) is -3.54. The van der Waals surface area contributed by atoms with E-state index < -0.39 is 10.0 Å². The first kappa shape index (κ1) is 18.2. The molecule has 1 saturated heterocycles. The van der Waals surface area contributed by atoms with Crippen molar-refractivity contribution in [2.45, 2.75) is 24.2 Å². The molecule has 0 unspecified atom stereocenters. The van der Waals surface area contributed by atoms with Gasteiger partial charge in [-0.2, -0.15) is 4.31 Å². The van der Waals surface area contributed by atoms with Gasteiger partial charge in [-0.15, -0.1) is 0 Å². The number of allylic oxidation sites excluding steroid dienone is 2. The Morgan fingerprint density at radius 1 is 1.00 bits per heavy atom. The molecular weight excluding hydrogens is 360 g/mol. The molecule has 2 aromatic rings. The zero-order valence-corrected chi connectivity index (χ0v) is 16.1. The predicted octanol–water partition coefficient (Wildman–Crippen LogP) is 3.03. The molecular formula is C21H24N2O3S. The van der Waals surface area contributed by atoms with Crippen molar-refractivity contribution in [2.24, 2.45) is 5.92 Å². The normalized spacial score (nSPS) is 21.0. The molecule has 0 radical (unpaired) electrons. The number of benzene rings is 2. The zero-order valence-electron chi connectivity index (χ0n) is 15.3. The number of carbonyl (C=O) groups is 1. The molecule has 2 aromatic carbocycles. The van der Waals surface area contributed by atoms with Crippen LogP contribution in [0.5, 0.6) is 0 Å². The van der Waals surface area contributed by atoms with Gasteiger partial charge in [0, 0.05) is 32.6 Å². The van der Waals surface area contributed by atoms with E-state index >= 15 is 0 Å². The molecule has 0 N–H and O–H groups in total. The van der Waals surface area contributed by atoms with E-state index in [0.717, 1.165) is 23.6 Å². The van der Waals surface area contributed by atoms with Gasteiger partial charge in [-0.1, -0.05) is 42.5 Å². The van der Waals surface area contributed by atoms with E-state index in [9.17, 15) is 13.2 Å². The van der Waals surface area contributed by atoms with E-state index in [2.05, 4.69) is 12.2 Å². The summed E-state index contributed by atoms with van der Waals surface area (Å²) in [5, 5.41) is 1.94. The summed E-state index contributed by atoms with van der Waals surface area (Å²) >= 11 is 0. The Bertz CT molecular complexity index is 976. The van der Waals surface area contributed by atoms with Crippen molar-refractivity contribution in [3.8, 4) is 0 Å². The van der Waals surface area contributed by atoms with Gasteiger partial charge in [0.1, 0.15) is 0 Å². The number of hydrogen-bond acceptors (Lipinski definition) is 3. The Morgan fingerprint density at radius 2 is 1.74 bits per heavy atom. The minimum absolute atomic E-state index is 0.134. The maximum absolute atomic E-state index is 13.0. The van der Waals surface area contributed by atoms with Crippen LogP contribution in [0.2, 0.25) is 0 Å². The SMILES string of the molecule is O=C(C[C@H]1C=CCC1)N1CCN(S(=O)(=O)c2ccc3ccccc3c2)CC1. The number of rotatable bonds is 4. The highest BCUT2D eigenvalue weighted by molar-refractivity contribution is 7.89. The second kappa shape index (κ2) is 7.44. The van der Waals surface area contributed by atoms with Crippen LogP contribution in [-0.4, -0.2) is 49.7 Å². The molecule has 1 atom stereocenters. The first-order chi connectivity index (χ1) is 13.0. The summed E-state index contributed by atoms with van der Waals surface area (Å²) in [5.74, 6) is 0.478. The van der Waals surface area contributed by atoms with Crippen molar-refractivity contribution in [3.63, 3.8) is 0 Å². The minimum Gasteiger partial charge on any atom is -0.340 e. The molecule has 27 heavy (non-hydrogen) atoms. The van der Waals surface area contributed by atoms with Crippen LogP contribution in [0.1, 0.15) is 19.3 Å². The van der Waals surface area contributed by atoms with Gasteiger partial charge in [0.2, 0.25) is 15.9 Å². The van der Waals surface area contributed by atoms with Crippen LogP contribution >= 0.6 is 0 Å². The Balaban J connectivity index is 1.43. The van der Waals surface area contributed by atoms with Crippen molar-refractivity contribution < 1.29 is 13.2 Å². The van der Waals surface area contributed by atoms with Gasteiger partial charge in [0.05, 0.1) is 4.90 Å². The number of piperazine rings is 1. The lowest BCUT2D eigenvalue weighted by Gasteiger charge is -2.34. The van der Waals surface area contributed by atoms with Gasteiger partial charge in [0.15, 0.2) is 0 Å². The average molecular weight is 385 g/mol. The predicted molar refractivity (Wildman–Crippen MR) is 106 cm³/mol. The number of nitrogens with zero attached hydrogens (tertiary/aromatic N) is 2. The van der Waals surface area contributed by atoms with Crippen molar-refractivity contribution >= 4 is 26.7 Å². The molecule has 0 saturated carbocycles. The van der Waals surface area contributed by atoms with E-state index in [1.54, 1.807) is 17.0 Å². The molecule has 2 aliphatic rings. The second-order valence-electron chi connectivity index (χ2n) is 7.26. The Kier molecular flexibility index (Phi) is 5.02. The van der Waals surface area contributed by atoms with E-state index in [1.807, 2.05) is 30.3 Å². The molecule has 4 rings (SSSR count). The number of hydrogen-bond donors (Lipinski definition) is 0. The van der Waals surface area contributed by atoms with Gasteiger partial charge in [-0.3, -0.25) is 4.79 Å². The highest BCUT2D eigenvalue weighted by Gasteiger charge is 2.30. The van der Waals surface area contributed by atoms with Gasteiger partial charge < -0.3 is 4.90 Å². The molecule has 5 nitrogen and oxygen atoms in total. The first-order valence-corrected chi connectivity index (χ1v) is 10.9. The molecule has 142 valence electrons. The molecule has 1 amide bonds. The lowest BCUT2D eigenvalue weighted by atomic mass is 10.0. The number of amides is 1. The maximum atomic E-state index is 13.0. The van der Waals surface area contributed by atoms with Crippen LogP contribution in [0.3, 0.4) is 0 Å². The molecule has 6 heteroatoms. The van der Waals surface area contributed by atoms with Gasteiger partial charge in [0.25, 0.3) is 0 Å². The van der Waals surface area contributed by atoms with Gasteiger partial charge in [-0.05, 0) is 41.7 Å². The molecule has 1 heterocycles. The van der Waals surface area contributed by atoms with Crippen molar-refractivity contribution in [3.05, 3.63) is 54.6 Å². The Hall–Kier alpha value is -2.18. The first-order valence-electron chi connectivity index (χ1n) is 9.47. The molecule has 1 aliphatic heterocycles. The van der Waals surface area contributed by atoms with Gasteiger partial charge in [-0.25, -0.2) is 8.42 Å². The van der Waals surface area contributed by atoms with Crippen LogP contribution < -0.4 is 0 Å². The highest BCUT2D eigenvalue weighted by Crippen LogP contribution is 2.24.